The number of esters is 1. The highest BCUT2D eigenvalue weighted by molar-refractivity contribution is 6.04. The van der Waals surface area contributed by atoms with E-state index in [1.54, 1.807) is 26.0 Å². The van der Waals surface area contributed by atoms with Gasteiger partial charge in [-0.25, -0.2) is 0 Å². The van der Waals surface area contributed by atoms with Crippen LogP contribution in [0.1, 0.15) is 51.7 Å². The van der Waals surface area contributed by atoms with Crippen molar-refractivity contribution < 1.29 is 42.8 Å². The number of alkyl halides is 3. The first-order valence-corrected chi connectivity index (χ1v) is 13.6. The molecule has 0 bridgehead atoms. The van der Waals surface area contributed by atoms with Gasteiger partial charge in [0.1, 0.15) is 17.2 Å². The van der Waals surface area contributed by atoms with Gasteiger partial charge in [0, 0.05) is 29.6 Å². The molecule has 7 nitrogen and oxygen atoms in total. The molecule has 0 unspecified atom stereocenters. The number of aliphatic hydroxyl groups excluding tert-OH is 1. The first kappa shape index (κ1) is 29.0. The molecule has 5 N–H and O–H groups in total. The molecule has 0 aromatic heterocycles. The summed E-state index contributed by atoms with van der Waals surface area (Å²) in [6.45, 7) is 6.86. The van der Waals surface area contributed by atoms with Gasteiger partial charge in [0.25, 0.3) is 0 Å². The molecule has 0 radical (unpaired) electrons. The molecule has 0 amide bonds. The molecular formula is C30H36F3NO6. The minimum Gasteiger partial charge on any atom is -0.457 e. The largest absolute Gasteiger partial charge is 0.457 e. The van der Waals surface area contributed by atoms with Gasteiger partial charge in [-0.15, -0.1) is 0 Å². The van der Waals surface area contributed by atoms with E-state index in [0.717, 1.165) is 12.1 Å². The predicted octanol–water partition coefficient (Wildman–Crippen LogP) is 3.10. The zero-order chi connectivity index (χ0) is 29.6. The van der Waals surface area contributed by atoms with Gasteiger partial charge in [-0.1, -0.05) is 45.1 Å². The number of nitrogens with two attached hydrogens (primary N) is 1. The van der Waals surface area contributed by atoms with Crippen molar-refractivity contribution >= 4 is 11.8 Å². The zero-order valence-electron chi connectivity index (χ0n) is 23.0. The molecule has 5 rings (SSSR count). The summed E-state index contributed by atoms with van der Waals surface area (Å²) in [7, 11) is 0. The Hall–Kier alpha value is -2.53. The fourth-order valence-corrected chi connectivity index (χ4v) is 8.02. The van der Waals surface area contributed by atoms with E-state index >= 15 is 0 Å². The number of fused-ring (bicyclic) bond motifs is 5. The van der Waals surface area contributed by atoms with Crippen molar-refractivity contribution in [1.29, 1.82) is 0 Å². The number of ketones is 1. The maximum Gasteiger partial charge on any atom is 0.416 e. The number of rotatable bonds is 5. The third kappa shape index (κ3) is 3.94. The monoisotopic (exact) mass is 563 g/mol. The lowest BCUT2D eigenvalue weighted by molar-refractivity contribution is -0.187. The average molecular weight is 564 g/mol. The number of hydrogen-bond acceptors (Lipinski definition) is 7. The van der Waals surface area contributed by atoms with E-state index in [2.05, 4.69) is 0 Å². The molecule has 218 valence electrons. The third-order valence-electron chi connectivity index (χ3n) is 10.2. The van der Waals surface area contributed by atoms with Crippen LogP contribution in [0.25, 0.3) is 0 Å². The summed E-state index contributed by atoms with van der Waals surface area (Å²) in [5.41, 5.74) is 1.58. The fraction of sp³-hybridized carbons (Fsp3) is 0.600. The van der Waals surface area contributed by atoms with Crippen molar-refractivity contribution in [2.24, 2.45) is 34.8 Å². The lowest BCUT2D eigenvalue weighted by Crippen LogP contribution is -2.61. The normalized spacial score (nSPS) is 38.7. The maximum absolute atomic E-state index is 13.3. The van der Waals surface area contributed by atoms with Gasteiger partial charge in [-0.2, -0.15) is 13.2 Å². The summed E-state index contributed by atoms with van der Waals surface area (Å²) in [6, 6.07) is 3.33. The number of halogens is 3. The second-order valence-electron chi connectivity index (χ2n) is 12.8. The van der Waals surface area contributed by atoms with Crippen molar-refractivity contribution in [2.45, 2.75) is 76.0 Å². The van der Waals surface area contributed by atoms with E-state index in [0.29, 0.717) is 16.7 Å². The highest BCUT2D eigenvalue weighted by Crippen LogP contribution is 2.76. The third-order valence-corrected chi connectivity index (χ3v) is 10.2. The summed E-state index contributed by atoms with van der Waals surface area (Å²) >= 11 is 0. The maximum atomic E-state index is 13.3. The second-order valence-corrected chi connectivity index (χ2v) is 12.8. The quantitative estimate of drug-likeness (QED) is 0.320. The Morgan fingerprint density at radius 2 is 1.80 bits per heavy atom. The van der Waals surface area contributed by atoms with Gasteiger partial charge in [0.05, 0.1) is 17.8 Å². The number of hydrogen-bond donors (Lipinski definition) is 4. The summed E-state index contributed by atoms with van der Waals surface area (Å²) < 4.78 is 44.8. The van der Waals surface area contributed by atoms with Gasteiger partial charge >= 0.3 is 12.1 Å². The van der Waals surface area contributed by atoms with Crippen LogP contribution in [0.15, 0.2) is 47.6 Å². The number of benzene rings is 1. The molecule has 1 aromatic carbocycles. The number of carbonyl (C=O) groups excluding carboxylic acids is 2. The molecule has 0 spiro atoms. The topological polar surface area (TPSA) is 130 Å². The molecule has 0 aliphatic heterocycles. The standard InChI is InChI=1S/C30H36F3NO6/c1-15-9-22-27(38,24(15)36)13-18(14-35)10-20-23-26(3,4)28(23,12-16(2)29(20,22)39)40-25(37)21(34)11-17-5-7-19(8-6-17)30(31,32)33/h5-10,16,20-23,35,38-39H,11-14,34H2,1-4H3/t16-,20+,21+,22-,23-,27-,28+,29-/m1/s1. The van der Waals surface area contributed by atoms with E-state index < -0.39 is 82.0 Å². The van der Waals surface area contributed by atoms with Crippen molar-refractivity contribution in [3.8, 4) is 0 Å². The summed E-state index contributed by atoms with van der Waals surface area (Å²) in [4.78, 5) is 26.3. The van der Waals surface area contributed by atoms with Crippen molar-refractivity contribution in [3.05, 3.63) is 58.7 Å². The van der Waals surface area contributed by atoms with Crippen molar-refractivity contribution in [3.63, 3.8) is 0 Å². The Morgan fingerprint density at radius 3 is 2.38 bits per heavy atom. The van der Waals surface area contributed by atoms with E-state index in [4.69, 9.17) is 10.5 Å². The van der Waals surface area contributed by atoms with Crippen LogP contribution >= 0.6 is 0 Å². The first-order valence-electron chi connectivity index (χ1n) is 13.6. The molecule has 0 heterocycles. The summed E-state index contributed by atoms with van der Waals surface area (Å²) in [5.74, 6) is -3.62. The van der Waals surface area contributed by atoms with Gasteiger partial charge in [-0.05, 0) is 54.5 Å². The number of Topliss-reactive ketones (excluding diaryl/α,β-unsaturated/α-hetero) is 1. The highest BCUT2D eigenvalue weighted by Gasteiger charge is 2.83. The number of aliphatic hydroxyl groups is 3. The number of ether oxygens (including phenoxy) is 1. The molecule has 8 atom stereocenters. The van der Waals surface area contributed by atoms with Gasteiger partial charge < -0.3 is 25.8 Å². The van der Waals surface area contributed by atoms with E-state index in [-0.39, 0.29) is 19.3 Å². The van der Waals surface area contributed by atoms with Crippen molar-refractivity contribution in [1.82, 2.24) is 0 Å². The summed E-state index contributed by atoms with van der Waals surface area (Å²) in [6.07, 6.45) is -0.961. The minimum atomic E-state index is -4.47. The molecule has 40 heavy (non-hydrogen) atoms. The Morgan fingerprint density at radius 1 is 1.18 bits per heavy atom. The van der Waals surface area contributed by atoms with Gasteiger partial charge in [-0.3, -0.25) is 9.59 Å². The Labute approximate surface area is 230 Å². The highest BCUT2D eigenvalue weighted by atomic mass is 19.4. The second kappa shape index (κ2) is 8.98. The molecular weight excluding hydrogens is 527 g/mol. The van der Waals surface area contributed by atoms with Crippen LogP contribution in [-0.4, -0.2) is 56.5 Å². The van der Waals surface area contributed by atoms with E-state index in [1.807, 2.05) is 13.8 Å². The Balaban J connectivity index is 1.43. The first-order chi connectivity index (χ1) is 18.4. The lowest BCUT2D eigenvalue weighted by atomic mass is 9.60. The van der Waals surface area contributed by atoms with Crippen LogP contribution in [-0.2, 0) is 26.9 Å². The van der Waals surface area contributed by atoms with Crippen LogP contribution in [0.3, 0.4) is 0 Å². The fourth-order valence-electron chi connectivity index (χ4n) is 8.02. The zero-order valence-corrected chi connectivity index (χ0v) is 23.0. The molecule has 0 saturated heterocycles. The average Bonchev–Trinajstić information content (AvgIpc) is 3.27. The number of carbonyl (C=O) groups is 2. The molecule has 4 aliphatic rings. The van der Waals surface area contributed by atoms with E-state index in [9.17, 15) is 38.1 Å². The Kier molecular flexibility index (Phi) is 6.51. The smallest absolute Gasteiger partial charge is 0.416 e. The molecule has 4 aliphatic carbocycles. The van der Waals surface area contributed by atoms with Crippen LogP contribution in [0.4, 0.5) is 13.2 Å². The van der Waals surface area contributed by atoms with Crippen LogP contribution < -0.4 is 5.73 Å². The Bertz CT molecular complexity index is 1300. The molecule has 1 aromatic rings. The van der Waals surface area contributed by atoms with Gasteiger partial charge in [0.2, 0.25) is 0 Å². The lowest BCUT2D eigenvalue weighted by Gasteiger charge is -2.50. The summed E-state index contributed by atoms with van der Waals surface area (Å²) in [5, 5.41) is 34.1. The van der Waals surface area contributed by atoms with E-state index in [1.165, 1.54) is 12.1 Å². The van der Waals surface area contributed by atoms with Gasteiger partial charge in [0.15, 0.2) is 5.78 Å². The van der Waals surface area contributed by atoms with Crippen LogP contribution in [0.5, 0.6) is 0 Å². The predicted molar refractivity (Wildman–Crippen MR) is 138 cm³/mol. The van der Waals surface area contributed by atoms with Crippen LogP contribution in [0.2, 0.25) is 0 Å². The molecule has 2 fully saturated rings. The minimum absolute atomic E-state index is 0.0169. The van der Waals surface area contributed by atoms with Crippen LogP contribution in [0, 0.1) is 29.1 Å². The SMILES string of the molecule is CC1=C[C@H]2[C@@]3(O)[C@H](C)C[C@]4(OC(=O)[C@@H](N)Cc5ccc(C(F)(F)F)cc5)[C@H]([C@@H]3C=C(CO)C[C@]2(O)C1=O)C4(C)C. The molecule has 2 saturated carbocycles. The van der Waals surface area contributed by atoms with Crippen molar-refractivity contribution in [2.75, 3.05) is 6.61 Å². The molecule has 10 heteroatoms.